The molecule has 0 bridgehead atoms. The summed E-state index contributed by atoms with van der Waals surface area (Å²) in [6, 6.07) is 15.5. The molecule has 1 aliphatic carbocycles. The van der Waals surface area contributed by atoms with Gasteiger partial charge in [0.15, 0.2) is 0 Å². The molecule has 0 aromatic heterocycles. The minimum absolute atomic E-state index is 0.0397. The van der Waals surface area contributed by atoms with Crippen molar-refractivity contribution in [1.82, 2.24) is 0 Å². The van der Waals surface area contributed by atoms with Gasteiger partial charge >= 0.3 is 0 Å². The van der Waals surface area contributed by atoms with Crippen molar-refractivity contribution in [3.8, 4) is 0 Å². The molecule has 0 N–H and O–H groups in total. The van der Waals surface area contributed by atoms with E-state index in [4.69, 9.17) is 11.6 Å². The quantitative estimate of drug-likeness (QED) is 0.641. The first-order chi connectivity index (χ1) is 9.65. The number of aryl methyl sites for hydroxylation is 2. The molecule has 2 aromatic rings. The standard InChI is InChI=1S/C19H21Cl/c1-13(2)14-6-9-16(10-7-14)19(20)18-11-8-15-4-3-5-17(15)12-18/h6-13,19H,3-5H2,1-2H3. The van der Waals surface area contributed by atoms with Crippen LogP contribution >= 0.6 is 11.6 Å². The minimum atomic E-state index is -0.0397. The number of hydrogen-bond donors (Lipinski definition) is 0. The molecule has 1 unspecified atom stereocenters. The highest BCUT2D eigenvalue weighted by atomic mass is 35.5. The molecule has 0 fully saturated rings. The fourth-order valence-electron chi connectivity index (χ4n) is 2.99. The van der Waals surface area contributed by atoms with Gasteiger partial charge in [0, 0.05) is 0 Å². The van der Waals surface area contributed by atoms with Gasteiger partial charge in [-0.2, -0.15) is 0 Å². The van der Waals surface area contributed by atoms with E-state index in [1.54, 1.807) is 0 Å². The summed E-state index contributed by atoms with van der Waals surface area (Å²) >= 11 is 6.67. The molecule has 0 spiro atoms. The lowest BCUT2D eigenvalue weighted by Gasteiger charge is -2.13. The van der Waals surface area contributed by atoms with Crippen molar-refractivity contribution in [2.75, 3.05) is 0 Å². The van der Waals surface area contributed by atoms with Crippen LogP contribution in [0.3, 0.4) is 0 Å². The van der Waals surface area contributed by atoms with Gasteiger partial charge in [0.1, 0.15) is 0 Å². The largest absolute Gasteiger partial charge is 0.113 e. The molecule has 1 atom stereocenters. The fraction of sp³-hybridized carbons (Fsp3) is 0.368. The monoisotopic (exact) mass is 284 g/mol. The predicted octanol–water partition coefficient (Wildman–Crippen LogP) is 5.63. The maximum atomic E-state index is 6.67. The average molecular weight is 285 g/mol. The van der Waals surface area contributed by atoms with Crippen LogP contribution in [0.15, 0.2) is 42.5 Å². The van der Waals surface area contributed by atoms with Crippen molar-refractivity contribution < 1.29 is 0 Å². The van der Waals surface area contributed by atoms with Crippen LogP contribution in [0.1, 0.15) is 59.4 Å². The highest BCUT2D eigenvalue weighted by Crippen LogP contribution is 2.33. The van der Waals surface area contributed by atoms with Crippen molar-refractivity contribution in [3.05, 3.63) is 70.3 Å². The molecule has 0 amide bonds. The molecule has 3 rings (SSSR count). The molecule has 2 aromatic carbocycles. The smallest absolute Gasteiger partial charge is 0.0835 e. The lowest BCUT2D eigenvalue weighted by molar-refractivity contribution is 0.865. The molecule has 0 heterocycles. The molecule has 1 aliphatic rings. The SMILES string of the molecule is CC(C)c1ccc(C(Cl)c2ccc3c(c2)CCC3)cc1. The van der Waals surface area contributed by atoms with E-state index in [0.29, 0.717) is 5.92 Å². The van der Waals surface area contributed by atoms with E-state index in [1.807, 2.05) is 0 Å². The molecule has 104 valence electrons. The van der Waals surface area contributed by atoms with Crippen LogP contribution in [0.5, 0.6) is 0 Å². The number of fused-ring (bicyclic) bond motifs is 1. The highest BCUT2D eigenvalue weighted by Gasteiger charge is 2.16. The Bertz CT molecular complexity index is 596. The Kier molecular flexibility index (Phi) is 3.85. The van der Waals surface area contributed by atoms with E-state index in [0.717, 1.165) is 0 Å². The Morgan fingerprint density at radius 3 is 2.10 bits per heavy atom. The van der Waals surface area contributed by atoms with Crippen molar-refractivity contribution in [1.29, 1.82) is 0 Å². The van der Waals surface area contributed by atoms with Gasteiger partial charge in [-0.05, 0) is 53.0 Å². The Morgan fingerprint density at radius 2 is 1.40 bits per heavy atom. The second-order valence-corrected chi connectivity index (χ2v) is 6.50. The molecule has 1 heteroatoms. The van der Waals surface area contributed by atoms with E-state index in [2.05, 4.69) is 56.3 Å². The molecular weight excluding hydrogens is 264 g/mol. The number of halogens is 1. The van der Waals surface area contributed by atoms with Crippen LogP contribution in [0.25, 0.3) is 0 Å². The summed E-state index contributed by atoms with van der Waals surface area (Å²) in [6.07, 6.45) is 3.72. The zero-order valence-corrected chi connectivity index (χ0v) is 13.0. The van der Waals surface area contributed by atoms with Gasteiger partial charge in [-0.3, -0.25) is 0 Å². The fourth-order valence-corrected chi connectivity index (χ4v) is 3.27. The summed E-state index contributed by atoms with van der Waals surface area (Å²) in [6.45, 7) is 4.43. The summed E-state index contributed by atoms with van der Waals surface area (Å²) in [5.74, 6) is 0.567. The number of hydrogen-bond acceptors (Lipinski definition) is 0. The van der Waals surface area contributed by atoms with Crippen LogP contribution in [-0.4, -0.2) is 0 Å². The molecule has 0 nitrogen and oxygen atoms in total. The van der Waals surface area contributed by atoms with E-state index in [1.165, 1.54) is 47.1 Å². The number of rotatable bonds is 3. The van der Waals surface area contributed by atoms with Gasteiger partial charge in [0.05, 0.1) is 5.38 Å². The van der Waals surface area contributed by atoms with Gasteiger partial charge in [-0.15, -0.1) is 11.6 Å². The third-order valence-electron chi connectivity index (χ3n) is 4.31. The first-order valence-electron chi connectivity index (χ1n) is 7.51. The Balaban J connectivity index is 1.86. The zero-order chi connectivity index (χ0) is 14.1. The average Bonchev–Trinajstić information content (AvgIpc) is 2.94. The maximum Gasteiger partial charge on any atom is 0.0835 e. The minimum Gasteiger partial charge on any atom is -0.113 e. The normalized spacial score (nSPS) is 15.4. The van der Waals surface area contributed by atoms with Gasteiger partial charge in [-0.25, -0.2) is 0 Å². The summed E-state index contributed by atoms with van der Waals surface area (Å²) in [5, 5.41) is -0.0397. The third kappa shape index (κ3) is 2.62. The third-order valence-corrected chi connectivity index (χ3v) is 4.81. The van der Waals surface area contributed by atoms with Gasteiger partial charge in [0.2, 0.25) is 0 Å². The van der Waals surface area contributed by atoms with Crippen molar-refractivity contribution in [2.24, 2.45) is 0 Å². The van der Waals surface area contributed by atoms with Crippen LogP contribution in [-0.2, 0) is 12.8 Å². The molecule has 0 saturated heterocycles. The lowest BCUT2D eigenvalue weighted by Crippen LogP contribution is -1.96. The highest BCUT2D eigenvalue weighted by molar-refractivity contribution is 6.22. The van der Waals surface area contributed by atoms with Crippen LogP contribution < -0.4 is 0 Å². The second-order valence-electron chi connectivity index (χ2n) is 6.07. The van der Waals surface area contributed by atoms with Crippen molar-refractivity contribution in [2.45, 2.75) is 44.4 Å². The second kappa shape index (κ2) is 5.61. The Morgan fingerprint density at radius 1 is 0.800 bits per heavy atom. The summed E-state index contributed by atoms with van der Waals surface area (Å²) in [4.78, 5) is 0. The van der Waals surface area contributed by atoms with E-state index >= 15 is 0 Å². The molecular formula is C19H21Cl. The first kappa shape index (κ1) is 13.7. The Labute approximate surface area is 126 Å². The molecule has 0 aliphatic heterocycles. The molecule has 0 saturated carbocycles. The number of alkyl halides is 1. The molecule has 0 radical (unpaired) electrons. The van der Waals surface area contributed by atoms with Gasteiger partial charge < -0.3 is 0 Å². The topological polar surface area (TPSA) is 0 Å². The maximum absolute atomic E-state index is 6.67. The van der Waals surface area contributed by atoms with Crippen LogP contribution in [0.4, 0.5) is 0 Å². The first-order valence-corrected chi connectivity index (χ1v) is 7.94. The van der Waals surface area contributed by atoms with Gasteiger partial charge in [0.25, 0.3) is 0 Å². The summed E-state index contributed by atoms with van der Waals surface area (Å²) < 4.78 is 0. The lowest BCUT2D eigenvalue weighted by atomic mass is 9.97. The van der Waals surface area contributed by atoms with E-state index in [-0.39, 0.29) is 5.38 Å². The van der Waals surface area contributed by atoms with Crippen molar-refractivity contribution in [3.63, 3.8) is 0 Å². The van der Waals surface area contributed by atoms with Crippen LogP contribution in [0, 0.1) is 0 Å². The summed E-state index contributed by atoms with van der Waals surface area (Å²) in [7, 11) is 0. The van der Waals surface area contributed by atoms with Gasteiger partial charge in [-0.1, -0.05) is 56.3 Å². The number of benzene rings is 2. The van der Waals surface area contributed by atoms with Crippen LogP contribution in [0.2, 0.25) is 0 Å². The van der Waals surface area contributed by atoms with Crippen molar-refractivity contribution >= 4 is 11.6 Å². The zero-order valence-electron chi connectivity index (χ0n) is 12.2. The van der Waals surface area contributed by atoms with E-state index in [9.17, 15) is 0 Å². The summed E-state index contributed by atoms with van der Waals surface area (Å²) in [5.41, 5.74) is 6.78. The van der Waals surface area contributed by atoms with E-state index < -0.39 is 0 Å². The predicted molar refractivity (Wildman–Crippen MR) is 86.7 cm³/mol. The molecule has 20 heavy (non-hydrogen) atoms. The Hall–Kier alpha value is -1.27.